The highest BCUT2D eigenvalue weighted by Gasteiger charge is 2.33. The molecule has 1 aliphatic heterocycles. The molecule has 96 valence electrons. The molecule has 1 unspecified atom stereocenters. The second kappa shape index (κ2) is 5.39. The van der Waals surface area contributed by atoms with Crippen LogP contribution in [0.15, 0.2) is 18.5 Å². The van der Waals surface area contributed by atoms with Gasteiger partial charge in [0.1, 0.15) is 11.4 Å². The molecule has 0 saturated carbocycles. The maximum Gasteiger partial charge on any atom is 0.228 e. The van der Waals surface area contributed by atoms with Crippen LogP contribution in [-0.2, 0) is 9.59 Å². The monoisotopic (exact) mass is 266 g/mol. The molecule has 6 heteroatoms. The summed E-state index contributed by atoms with van der Waals surface area (Å²) in [6.45, 7) is 2.04. The van der Waals surface area contributed by atoms with Crippen LogP contribution in [0.1, 0.15) is 13.3 Å². The topological polar surface area (TPSA) is 59.5 Å². The zero-order valence-electron chi connectivity index (χ0n) is 10.3. The molecule has 0 N–H and O–H groups in total. The van der Waals surface area contributed by atoms with Crippen LogP contribution in [0.5, 0.6) is 5.75 Å². The molecular weight excluding hydrogens is 252 g/mol. The minimum Gasteiger partial charge on any atom is -0.494 e. The van der Waals surface area contributed by atoms with E-state index in [1.165, 1.54) is 18.7 Å². The Morgan fingerprint density at radius 2 is 2.39 bits per heavy atom. The lowest BCUT2D eigenvalue weighted by molar-refractivity contribution is -0.117. The number of amides is 1. The maximum absolute atomic E-state index is 12.0. The van der Waals surface area contributed by atoms with Crippen LogP contribution >= 0.6 is 11.8 Å². The van der Waals surface area contributed by atoms with Gasteiger partial charge in [-0.15, -0.1) is 0 Å². The fourth-order valence-corrected chi connectivity index (χ4v) is 2.89. The lowest BCUT2D eigenvalue weighted by Crippen LogP contribution is -2.25. The van der Waals surface area contributed by atoms with Crippen LogP contribution in [0, 0.1) is 0 Å². The first kappa shape index (κ1) is 12.9. The van der Waals surface area contributed by atoms with Crippen molar-refractivity contribution in [1.29, 1.82) is 0 Å². The maximum atomic E-state index is 12.0. The molecule has 2 heterocycles. The molecule has 0 aromatic carbocycles. The summed E-state index contributed by atoms with van der Waals surface area (Å²) >= 11 is 1.22. The van der Waals surface area contributed by atoms with E-state index in [0.29, 0.717) is 24.4 Å². The van der Waals surface area contributed by atoms with Crippen LogP contribution in [0.4, 0.5) is 5.69 Å². The average molecular weight is 266 g/mol. The van der Waals surface area contributed by atoms with E-state index in [0.717, 1.165) is 0 Å². The molecule has 0 radical (unpaired) electrons. The van der Waals surface area contributed by atoms with Gasteiger partial charge in [-0.05, 0) is 0 Å². The number of hydrogen-bond donors (Lipinski definition) is 0. The molecule has 5 nitrogen and oxygen atoms in total. The third-order valence-corrected chi connectivity index (χ3v) is 3.68. The van der Waals surface area contributed by atoms with Crippen LogP contribution in [0.2, 0.25) is 0 Å². The van der Waals surface area contributed by atoms with Crippen LogP contribution in [-0.4, -0.2) is 34.9 Å². The third kappa shape index (κ3) is 2.64. The lowest BCUT2D eigenvalue weighted by atomic mass is 10.3. The molecule has 1 aromatic heterocycles. The number of methoxy groups -OCH3 is 1. The predicted octanol–water partition coefficient (Wildman–Crippen LogP) is 1.48. The summed E-state index contributed by atoms with van der Waals surface area (Å²) in [5.74, 6) is 0.617. The summed E-state index contributed by atoms with van der Waals surface area (Å²) < 4.78 is 5.21. The van der Waals surface area contributed by atoms with Gasteiger partial charge < -0.3 is 9.64 Å². The van der Waals surface area contributed by atoms with Crippen molar-refractivity contribution in [3.05, 3.63) is 18.5 Å². The highest BCUT2D eigenvalue weighted by atomic mass is 32.2. The lowest BCUT2D eigenvalue weighted by Gasteiger charge is -2.18. The first-order valence-electron chi connectivity index (χ1n) is 5.57. The van der Waals surface area contributed by atoms with Gasteiger partial charge in [0.2, 0.25) is 5.91 Å². The van der Waals surface area contributed by atoms with Crippen molar-refractivity contribution in [2.24, 2.45) is 0 Å². The zero-order chi connectivity index (χ0) is 13.1. The number of anilines is 1. The highest BCUT2D eigenvalue weighted by molar-refractivity contribution is 8.14. The van der Waals surface area contributed by atoms with Gasteiger partial charge in [-0.25, -0.2) is 0 Å². The number of hydrogen-bond acceptors (Lipinski definition) is 5. The van der Waals surface area contributed by atoms with Crippen molar-refractivity contribution in [2.75, 3.05) is 18.6 Å². The third-order valence-electron chi connectivity index (χ3n) is 2.69. The number of thioether (sulfide) groups is 1. The number of pyridine rings is 1. The second-order valence-electron chi connectivity index (χ2n) is 3.99. The van der Waals surface area contributed by atoms with Gasteiger partial charge in [0.05, 0.1) is 13.3 Å². The van der Waals surface area contributed by atoms with E-state index < -0.39 is 0 Å². The second-order valence-corrected chi connectivity index (χ2v) is 5.46. The molecule has 1 saturated heterocycles. The van der Waals surface area contributed by atoms with Crippen molar-refractivity contribution in [3.63, 3.8) is 0 Å². The summed E-state index contributed by atoms with van der Waals surface area (Å²) in [5.41, 5.74) is 0.664. The normalized spacial score (nSPS) is 19.1. The standard InChI is InChI=1S/C12H14N2O3S/c1-8(15)18-9-5-12(16)14(7-9)10-6-13-4-3-11(10)17-2/h3-4,6,9H,5,7H2,1-2H3. The average Bonchev–Trinajstić information content (AvgIpc) is 2.69. The quantitative estimate of drug-likeness (QED) is 0.829. The van der Waals surface area contributed by atoms with Crippen molar-refractivity contribution in [2.45, 2.75) is 18.6 Å². The number of nitrogens with zero attached hydrogens (tertiary/aromatic N) is 2. The Morgan fingerprint density at radius 1 is 1.61 bits per heavy atom. The fourth-order valence-electron chi connectivity index (χ4n) is 1.97. The Hall–Kier alpha value is -1.56. The zero-order valence-corrected chi connectivity index (χ0v) is 11.1. The summed E-state index contributed by atoms with van der Waals surface area (Å²) in [6, 6.07) is 1.72. The summed E-state index contributed by atoms with van der Waals surface area (Å²) in [4.78, 5) is 28.7. The predicted molar refractivity (Wildman–Crippen MR) is 69.8 cm³/mol. The van der Waals surface area contributed by atoms with Gasteiger partial charge in [-0.3, -0.25) is 14.6 Å². The summed E-state index contributed by atoms with van der Waals surface area (Å²) in [7, 11) is 1.56. The molecule has 2 rings (SSSR count). The van der Waals surface area contributed by atoms with Crippen LogP contribution in [0.25, 0.3) is 0 Å². The van der Waals surface area contributed by atoms with Crippen molar-refractivity contribution in [1.82, 2.24) is 4.98 Å². The van der Waals surface area contributed by atoms with Gasteiger partial charge in [-0.1, -0.05) is 11.8 Å². The minimum atomic E-state index is 0.0000463. The van der Waals surface area contributed by atoms with Gasteiger partial charge in [-0.2, -0.15) is 0 Å². The van der Waals surface area contributed by atoms with E-state index >= 15 is 0 Å². The largest absolute Gasteiger partial charge is 0.494 e. The van der Waals surface area contributed by atoms with E-state index in [9.17, 15) is 9.59 Å². The van der Waals surface area contributed by atoms with E-state index in [2.05, 4.69) is 4.98 Å². The SMILES string of the molecule is COc1ccncc1N1CC(SC(C)=O)CC1=O. The Balaban J connectivity index is 2.19. The molecule has 1 aliphatic rings. The van der Waals surface area contributed by atoms with Gasteiger partial charge in [0.15, 0.2) is 5.12 Å². The first-order chi connectivity index (χ1) is 8.61. The molecule has 18 heavy (non-hydrogen) atoms. The summed E-state index contributed by atoms with van der Waals surface area (Å²) in [5, 5.41) is 0.0488. The van der Waals surface area contributed by atoms with Gasteiger partial charge in [0.25, 0.3) is 0 Å². The number of rotatable bonds is 3. The highest BCUT2D eigenvalue weighted by Crippen LogP contribution is 2.33. The first-order valence-corrected chi connectivity index (χ1v) is 6.45. The smallest absolute Gasteiger partial charge is 0.228 e. The molecule has 1 atom stereocenters. The minimum absolute atomic E-state index is 0.0000463. The van der Waals surface area contributed by atoms with Gasteiger partial charge in [0, 0.05) is 37.4 Å². The Bertz CT molecular complexity index is 478. The Labute approximate surface area is 110 Å². The summed E-state index contributed by atoms with van der Waals surface area (Å²) in [6.07, 6.45) is 3.60. The molecule has 0 spiro atoms. The van der Waals surface area contributed by atoms with E-state index in [1.807, 2.05) is 0 Å². The van der Waals surface area contributed by atoms with E-state index in [4.69, 9.17) is 4.74 Å². The number of carbonyl (C=O) groups excluding carboxylic acids is 2. The van der Waals surface area contributed by atoms with Crippen molar-refractivity contribution in [3.8, 4) is 5.75 Å². The van der Waals surface area contributed by atoms with E-state index in [1.54, 1.807) is 30.5 Å². The van der Waals surface area contributed by atoms with Crippen molar-refractivity contribution < 1.29 is 14.3 Å². The number of ether oxygens (including phenoxy) is 1. The van der Waals surface area contributed by atoms with Crippen LogP contribution in [0.3, 0.4) is 0 Å². The molecule has 1 aromatic rings. The Kier molecular flexibility index (Phi) is 3.86. The molecule has 1 fully saturated rings. The molecule has 0 bridgehead atoms. The van der Waals surface area contributed by atoms with Crippen molar-refractivity contribution >= 4 is 28.5 Å². The van der Waals surface area contributed by atoms with Gasteiger partial charge >= 0.3 is 0 Å². The fraction of sp³-hybridized carbons (Fsp3) is 0.417. The van der Waals surface area contributed by atoms with Crippen LogP contribution < -0.4 is 9.64 Å². The van der Waals surface area contributed by atoms with E-state index in [-0.39, 0.29) is 16.3 Å². The number of aromatic nitrogens is 1. The molecule has 1 amide bonds. The Morgan fingerprint density at radius 3 is 3.06 bits per heavy atom. The molecular formula is C12H14N2O3S. The number of carbonyl (C=O) groups is 2. The molecule has 0 aliphatic carbocycles.